The SMILES string of the molecule is Cc1ccc(N2C(=O)/C(=C/c3cn(C)c4ccccc34)C(=O)NC2=S)cc1Cl. The number of halogens is 1. The van der Waals surface area contributed by atoms with Crippen molar-refractivity contribution in [2.24, 2.45) is 7.05 Å². The summed E-state index contributed by atoms with van der Waals surface area (Å²) in [5, 5.41) is 4.10. The van der Waals surface area contributed by atoms with E-state index in [-0.39, 0.29) is 10.7 Å². The summed E-state index contributed by atoms with van der Waals surface area (Å²) in [5.41, 5.74) is 3.20. The highest BCUT2D eigenvalue weighted by molar-refractivity contribution is 7.80. The molecule has 1 saturated heterocycles. The molecule has 3 aromatic rings. The number of para-hydroxylation sites is 1. The van der Waals surface area contributed by atoms with Crippen LogP contribution in [-0.4, -0.2) is 21.5 Å². The second-order valence-electron chi connectivity index (χ2n) is 6.60. The number of nitrogens with zero attached hydrogens (tertiary/aromatic N) is 2. The molecule has 0 atom stereocenters. The fourth-order valence-electron chi connectivity index (χ4n) is 3.26. The van der Waals surface area contributed by atoms with Gasteiger partial charge in [-0.05, 0) is 49.0 Å². The smallest absolute Gasteiger partial charge is 0.270 e. The molecule has 4 rings (SSSR count). The van der Waals surface area contributed by atoms with Crippen LogP contribution in [0.2, 0.25) is 5.02 Å². The minimum Gasteiger partial charge on any atom is -0.350 e. The Hall–Kier alpha value is -2.96. The zero-order valence-corrected chi connectivity index (χ0v) is 16.8. The van der Waals surface area contributed by atoms with Gasteiger partial charge in [-0.15, -0.1) is 0 Å². The van der Waals surface area contributed by atoms with Gasteiger partial charge in [-0.1, -0.05) is 35.9 Å². The summed E-state index contributed by atoms with van der Waals surface area (Å²) in [4.78, 5) is 27.0. The Morgan fingerprint density at radius 3 is 2.64 bits per heavy atom. The Morgan fingerprint density at radius 1 is 1.14 bits per heavy atom. The van der Waals surface area contributed by atoms with Crippen LogP contribution in [0, 0.1) is 6.92 Å². The number of carbonyl (C=O) groups excluding carboxylic acids is 2. The van der Waals surface area contributed by atoms with E-state index in [0.717, 1.165) is 22.0 Å². The average Bonchev–Trinajstić information content (AvgIpc) is 2.97. The fourth-order valence-corrected chi connectivity index (χ4v) is 3.71. The molecule has 0 spiro atoms. The molecule has 0 unspecified atom stereocenters. The summed E-state index contributed by atoms with van der Waals surface area (Å²) in [6, 6.07) is 13.0. The van der Waals surface area contributed by atoms with Gasteiger partial charge in [0.2, 0.25) is 0 Å². The lowest BCUT2D eigenvalue weighted by Crippen LogP contribution is -2.54. The van der Waals surface area contributed by atoms with Crippen molar-refractivity contribution in [2.45, 2.75) is 6.92 Å². The maximum atomic E-state index is 13.1. The van der Waals surface area contributed by atoms with Crippen molar-refractivity contribution in [3.05, 3.63) is 70.4 Å². The van der Waals surface area contributed by atoms with Crippen LogP contribution in [0.3, 0.4) is 0 Å². The van der Waals surface area contributed by atoms with Crippen molar-refractivity contribution < 1.29 is 9.59 Å². The summed E-state index contributed by atoms with van der Waals surface area (Å²) < 4.78 is 1.95. The zero-order valence-electron chi connectivity index (χ0n) is 15.2. The van der Waals surface area contributed by atoms with Gasteiger partial charge < -0.3 is 4.57 Å². The topological polar surface area (TPSA) is 54.3 Å². The van der Waals surface area contributed by atoms with E-state index in [2.05, 4.69) is 5.32 Å². The third-order valence-corrected chi connectivity index (χ3v) is 5.43. The van der Waals surface area contributed by atoms with Crippen molar-refractivity contribution in [2.75, 3.05) is 4.90 Å². The number of nitrogens with one attached hydrogen (secondary N) is 1. The molecule has 0 radical (unpaired) electrons. The molecule has 28 heavy (non-hydrogen) atoms. The van der Waals surface area contributed by atoms with E-state index in [1.54, 1.807) is 24.3 Å². The first-order chi connectivity index (χ1) is 13.4. The lowest BCUT2D eigenvalue weighted by molar-refractivity contribution is -0.122. The van der Waals surface area contributed by atoms with Crippen molar-refractivity contribution in [1.82, 2.24) is 9.88 Å². The molecule has 1 aliphatic heterocycles. The van der Waals surface area contributed by atoms with Gasteiger partial charge in [-0.2, -0.15) is 0 Å². The molecule has 0 saturated carbocycles. The van der Waals surface area contributed by atoms with Gasteiger partial charge >= 0.3 is 0 Å². The number of aryl methyl sites for hydroxylation is 2. The Labute approximate surface area is 172 Å². The molecule has 0 bridgehead atoms. The van der Waals surface area contributed by atoms with Gasteiger partial charge in [0.25, 0.3) is 11.8 Å². The number of fused-ring (bicyclic) bond motifs is 1. The fraction of sp³-hybridized carbons (Fsp3) is 0.0952. The van der Waals surface area contributed by atoms with Crippen molar-refractivity contribution in [3.8, 4) is 0 Å². The number of carbonyl (C=O) groups is 2. The van der Waals surface area contributed by atoms with Gasteiger partial charge in [0.1, 0.15) is 5.57 Å². The van der Waals surface area contributed by atoms with E-state index in [1.807, 2.05) is 49.0 Å². The maximum absolute atomic E-state index is 13.1. The van der Waals surface area contributed by atoms with E-state index in [4.69, 9.17) is 23.8 Å². The van der Waals surface area contributed by atoms with Crippen LogP contribution in [0.1, 0.15) is 11.1 Å². The highest BCUT2D eigenvalue weighted by atomic mass is 35.5. The summed E-state index contributed by atoms with van der Waals surface area (Å²) in [7, 11) is 1.92. The second kappa shape index (κ2) is 6.89. The monoisotopic (exact) mass is 409 g/mol. The van der Waals surface area contributed by atoms with Gasteiger partial charge in [0.15, 0.2) is 5.11 Å². The highest BCUT2D eigenvalue weighted by Crippen LogP contribution is 2.28. The minimum absolute atomic E-state index is 0.0154. The number of anilines is 1. The Bertz CT molecular complexity index is 1200. The Morgan fingerprint density at radius 2 is 1.89 bits per heavy atom. The normalized spacial score (nSPS) is 16.2. The molecule has 5 nitrogen and oxygen atoms in total. The lowest BCUT2D eigenvalue weighted by Gasteiger charge is -2.29. The standard InChI is InChI=1S/C21H16ClN3O2S/c1-12-7-8-14(10-17(12)22)25-20(27)16(19(26)23-21(25)28)9-13-11-24(2)18-6-4-3-5-15(13)18/h3-11H,1-2H3,(H,23,26,28)/b16-9+. The number of amides is 2. The van der Waals surface area contributed by atoms with Crippen LogP contribution in [0.15, 0.2) is 54.2 Å². The summed E-state index contributed by atoms with van der Waals surface area (Å²) in [5.74, 6) is -1.00. The van der Waals surface area contributed by atoms with E-state index < -0.39 is 11.8 Å². The Balaban J connectivity index is 1.81. The molecule has 2 amide bonds. The molecule has 1 fully saturated rings. The van der Waals surface area contributed by atoms with Crippen molar-refractivity contribution >= 4 is 63.4 Å². The van der Waals surface area contributed by atoms with E-state index in [0.29, 0.717) is 10.7 Å². The molecule has 7 heteroatoms. The molecule has 2 aromatic carbocycles. The van der Waals surface area contributed by atoms with Gasteiger partial charge in [0.05, 0.1) is 5.69 Å². The minimum atomic E-state index is -0.516. The number of hydrogen-bond acceptors (Lipinski definition) is 3. The van der Waals surface area contributed by atoms with E-state index in [1.165, 1.54) is 4.90 Å². The largest absolute Gasteiger partial charge is 0.350 e. The summed E-state index contributed by atoms with van der Waals surface area (Å²) >= 11 is 11.4. The Kier molecular flexibility index (Phi) is 4.53. The van der Waals surface area contributed by atoms with Crippen molar-refractivity contribution in [3.63, 3.8) is 0 Å². The van der Waals surface area contributed by atoms with Crippen LogP contribution in [0.25, 0.3) is 17.0 Å². The van der Waals surface area contributed by atoms with E-state index in [9.17, 15) is 9.59 Å². The summed E-state index contributed by atoms with van der Waals surface area (Å²) in [6.45, 7) is 1.87. The maximum Gasteiger partial charge on any atom is 0.270 e. The number of hydrogen-bond donors (Lipinski definition) is 1. The lowest BCUT2D eigenvalue weighted by atomic mass is 10.1. The first kappa shape index (κ1) is 18.4. The first-order valence-corrected chi connectivity index (χ1v) is 9.37. The van der Waals surface area contributed by atoms with Crippen LogP contribution < -0.4 is 10.2 Å². The zero-order chi connectivity index (χ0) is 20.0. The third kappa shape index (κ3) is 3.00. The van der Waals surface area contributed by atoms with Crippen LogP contribution in [-0.2, 0) is 16.6 Å². The predicted octanol–water partition coefficient (Wildman–Crippen LogP) is 3.97. The van der Waals surface area contributed by atoms with Crippen molar-refractivity contribution in [1.29, 1.82) is 0 Å². The molecule has 140 valence electrons. The molecule has 1 aromatic heterocycles. The second-order valence-corrected chi connectivity index (χ2v) is 7.40. The molecule has 2 heterocycles. The van der Waals surface area contributed by atoms with Crippen LogP contribution in [0.5, 0.6) is 0 Å². The molecule has 1 aliphatic rings. The number of thiocarbonyl (C=S) groups is 1. The van der Waals surface area contributed by atoms with Crippen LogP contribution >= 0.6 is 23.8 Å². The first-order valence-electron chi connectivity index (χ1n) is 8.58. The predicted molar refractivity (Wildman–Crippen MR) is 115 cm³/mol. The van der Waals surface area contributed by atoms with Gasteiger partial charge in [0, 0.05) is 34.7 Å². The molecule has 1 N–H and O–H groups in total. The van der Waals surface area contributed by atoms with Gasteiger partial charge in [-0.25, -0.2) is 0 Å². The highest BCUT2D eigenvalue weighted by Gasteiger charge is 2.34. The number of benzene rings is 2. The summed E-state index contributed by atoms with van der Waals surface area (Å²) in [6.07, 6.45) is 3.49. The third-order valence-electron chi connectivity index (χ3n) is 4.74. The number of rotatable bonds is 2. The molecular weight excluding hydrogens is 394 g/mol. The number of aromatic nitrogens is 1. The van der Waals surface area contributed by atoms with Gasteiger partial charge in [-0.3, -0.25) is 19.8 Å². The van der Waals surface area contributed by atoms with Crippen LogP contribution in [0.4, 0.5) is 5.69 Å². The quantitative estimate of drug-likeness (QED) is 0.396. The molecular formula is C21H16ClN3O2S. The van der Waals surface area contributed by atoms with E-state index >= 15 is 0 Å². The molecule has 0 aliphatic carbocycles. The average molecular weight is 410 g/mol.